The highest BCUT2D eigenvalue weighted by atomic mass is 16.3. The maximum atomic E-state index is 8.89. The van der Waals surface area contributed by atoms with Crippen molar-refractivity contribution in [2.24, 2.45) is 4.99 Å². The van der Waals surface area contributed by atoms with Crippen LogP contribution in [-0.2, 0) is 13.2 Å². The second kappa shape index (κ2) is 4.79. The minimum absolute atomic E-state index is 0.0992. The zero-order valence-electron chi connectivity index (χ0n) is 8.53. The van der Waals surface area contributed by atoms with E-state index < -0.39 is 0 Å². The summed E-state index contributed by atoms with van der Waals surface area (Å²) in [5.74, 6) is 0.876. The molecule has 1 aliphatic heterocycles. The van der Waals surface area contributed by atoms with Gasteiger partial charge < -0.3 is 15.7 Å². The predicted molar refractivity (Wildman–Crippen MR) is 59.5 cm³/mol. The number of nitrogens with zero attached hydrogens (tertiary/aromatic N) is 1. The first-order valence-corrected chi connectivity index (χ1v) is 5.09. The van der Waals surface area contributed by atoms with Gasteiger partial charge in [-0.2, -0.15) is 0 Å². The van der Waals surface area contributed by atoms with E-state index >= 15 is 0 Å². The summed E-state index contributed by atoms with van der Waals surface area (Å²) in [6.07, 6.45) is 0. The van der Waals surface area contributed by atoms with E-state index in [2.05, 4.69) is 15.6 Å². The number of hydrogen-bond donors (Lipinski definition) is 3. The van der Waals surface area contributed by atoms with Crippen LogP contribution >= 0.6 is 0 Å². The van der Waals surface area contributed by atoms with Gasteiger partial charge in [-0.05, 0) is 11.1 Å². The number of aliphatic hydroxyl groups excluding tert-OH is 1. The summed E-state index contributed by atoms with van der Waals surface area (Å²) in [5.41, 5.74) is 2.12. The van der Waals surface area contributed by atoms with Gasteiger partial charge in [0.2, 0.25) is 0 Å². The van der Waals surface area contributed by atoms with Gasteiger partial charge in [-0.3, -0.25) is 4.99 Å². The summed E-state index contributed by atoms with van der Waals surface area (Å²) in [5, 5.41) is 15.2. The molecule has 0 aliphatic carbocycles. The van der Waals surface area contributed by atoms with Crippen molar-refractivity contribution in [2.45, 2.75) is 13.2 Å². The standard InChI is InChI=1S/C11H15N3O/c15-8-10-3-1-9(2-4-10)7-14-11-12-5-6-13-11/h1-4,15H,5-8H2,(H2,12,13,14). The van der Waals surface area contributed by atoms with E-state index in [1.807, 2.05) is 24.3 Å². The normalized spacial score (nSPS) is 14.6. The SMILES string of the molecule is OCc1ccc(CNC2=NCCN2)cc1. The molecule has 2 rings (SSSR count). The first-order chi connectivity index (χ1) is 7.38. The molecule has 1 heterocycles. The monoisotopic (exact) mass is 205 g/mol. The third-order valence-corrected chi connectivity index (χ3v) is 2.34. The van der Waals surface area contributed by atoms with E-state index in [4.69, 9.17) is 5.11 Å². The Morgan fingerprint density at radius 3 is 2.60 bits per heavy atom. The van der Waals surface area contributed by atoms with E-state index in [0.29, 0.717) is 0 Å². The molecule has 0 saturated heterocycles. The molecule has 1 aromatic rings. The quantitative estimate of drug-likeness (QED) is 0.662. The molecular weight excluding hydrogens is 190 g/mol. The second-order valence-corrected chi connectivity index (χ2v) is 3.49. The number of guanidine groups is 1. The number of nitrogens with one attached hydrogen (secondary N) is 2. The summed E-state index contributed by atoms with van der Waals surface area (Å²) >= 11 is 0. The average molecular weight is 205 g/mol. The third kappa shape index (κ3) is 2.70. The molecule has 80 valence electrons. The van der Waals surface area contributed by atoms with E-state index in [1.54, 1.807) is 0 Å². The summed E-state index contributed by atoms with van der Waals surface area (Å²) in [6.45, 7) is 2.64. The summed E-state index contributed by atoms with van der Waals surface area (Å²) in [4.78, 5) is 4.24. The van der Waals surface area contributed by atoms with Crippen molar-refractivity contribution < 1.29 is 5.11 Å². The van der Waals surface area contributed by atoms with Gasteiger partial charge in [0.05, 0.1) is 13.2 Å². The van der Waals surface area contributed by atoms with E-state index in [-0.39, 0.29) is 6.61 Å². The Morgan fingerprint density at radius 2 is 2.00 bits per heavy atom. The van der Waals surface area contributed by atoms with Crippen LogP contribution in [-0.4, -0.2) is 24.2 Å². The Balaban J connectivity index is 1.87. The number of hydrogen-bond acceptors (Lipinski definition) is 4. The Labute approximate surface area is 89.0 Å². The molecule has 1 aliphatic rings. The zero-order valence-corrected chi connectivity index (χ0v) is 8.53. The average Bonchev–Trinajstić information content (AvgIpc) is 2.80. The van der Waals surface area contributed by atoms with E-state index in [1.165, 1.54) is 5.56 Å². The van der Waals surface area contributed by atoms with Crippen molar-refractivity contribution in [3.8, 4) is 0 Å². The summed E-state index contributed by atoms with van der Waals surface area (Å²) in [7, 11) is 0. The molecule has 0 radical (unpaired) electrons. The first-order valence-electron chi connectivity index (χ1n) is 5.09. The van der Waals surface area contributed by atoms with Crippen LogP contribution < -0.4 is 10.6 Å². The Hall–Kier alpha value is -1.55. The number of benzene rings is 1. The van der Waals surface area contributed by atoms with Crippen LogP contribution in [0.25, 0.3) is 0 Å². The van der Waals surface area contributed by atoms with Crippen LogP contribution in [0, 0.1) is 0 Å². The summed E-state index contributed by atoms with van der Waals surface area (Å²) < 4.78 is 0. The zero-order chi connectivity index (χ0) is 10.5. The molecule has 0 fully saturated rings. The Kier molecular flexibility index (Phi) is 3.19. The highest BCUT2D eigenvalue weighted by molar-refractivity contribution is 5.81. The van der Waals surface area contributed by atoms with Gasteiger partial charge in [-0.1, -0.05) is 24.3 Å². The maximum absolute atomic E-state index is 8.89. The molecule has 3 N–H and O–H groups in total. The molecule has 0 unspecified atom stereocenters. The minimum atomic E-state index is 0.0992. The van der Waals surface area contributed by atoms with Gasteiger partial charge in [0.1, 0.15) is 0 Å². The fraction of sp³-hybridized carbons (Fsp3) is 0.364. The molecule has 0 spiro atoms. The summed E-state index contributed by atoms with van der Waals surface area (Å²) in [6, 6.07) is 7.88. The Morgan fingerprint density at radius 1 is 1.27 bits per heavy atom. The van der Waals surface area contributed by atoms with Crippen molar-refractivity contribution in [3.05, 3.63) is 35.4 Å². The number of aliphatic hydroxyl groups is 1. The number of aliphatic imine (C=N–C) groups is 1. The fourth-order valence-electron chi connectivity index (χ4n) is 1.46. The van der Waals surface area contributed by atoms with Gasteiger partial charge in [0.25, 0.3) is 0 Å². The lowest BCUT2D eigenvalue weighted by Crippen LogP contribution is -2.33. The van der Waals surface area contributed by atoms with Crippen molar-refractivity contribution in [2.75, 3.05) is 13.1 Å². The van der Waals surface area contributed by atoms with Crippen molar-refractivity contribution in [1.29, 1.82) is 0 Å². The van der Waals surface area contributed by atoms with Crippen LogP contribution in [0.2, 0.25) is 0 Å². The fourth-order valence-corrected chi connectivity index (χ4v) is 1.46. The van der Waals surface area contributed by atoms with Crippen LogP contribution in [0.1, 0.15) is 11.1 Å². The first kappa shape index (κ1) is 9.98. The smallest absolute Gasteiger partial charge is 0.191 e. The molecular formula is C11H15N3O. The second-order valence-electron chi connectivity index (χ2n) is 3.49. The van der Waals surface area contributed by atoms with Crippen molar-refractivity contribution in [3.63, 3.8) is 0 Å². The molecule has 0 amide bonds. The lowest BCUT2D eigenvalue weighted by molar-refractivity contribution is 0.282. The highest BCUT2D eigenvalue weighted by Crippen LogP contribution is 2.03. The van der Waals surface area contributed by atoms with E-state index in [9.17, 15) is 0 Å². The Bertz CT molecular complexity index is 345. The van der Waals surface area contributed by atoms with Gasteiger partial charge in [0.15, 0.2) is 5.96 Å². The van der Waals surface area contributed by atoms with Crippen LogP contribution in [0.5, 0.6) is 0 Å². The lowest BCUT2D eigenvalue weighted by atomic mass is 10.1. The predicted octanol–water partition coefficient (Wildman–Crippen LogP) is 0.228. The maximum Gasteiger partial charge on any atom is 0.191 e. The lowest BCUT2D eigenvalue weighted by Gasteiger charge is -2.06. The van der Waals surface area contributed by atoms with Crippen LogP contribution in [0.3, 0.4) is 0 Å². The molecule has 4 nitrogen and oxygen atoms in total. The molecule has 0 aromatic heterocycles. The largest absolute Gasteiger partial charge is 0.392 e. The van der Waals surface area contributed by atoms with Gasteiger partial charge in [0, 0.05) is 13.1 Å². The number of rotatable bonds is 3. The molecule has 0 atom stereocenters. The van der Waals surface area contributed by atoms with Crippen molar-refractivity contribution in [1.82, 2.24) is 10.6 Å². The topological polar surface area (TPSA) is 56.6 Å². The van der Waals surface area contributed by atoms with Crippen LogP contribution in [0.4, 0.5) is 0 Å². The molecule has 4 heteroatoms. The molecule has 0 saturated carbocycles. The van der Waals surface area contributed by atoms with Gasteiger partial charge in [-0.15, -0.1) is 0 Å². The third-order valence-electron chi connectivity index (χ3n) is 2.34. The molecule has 1 aromatic carbocycles. The molecule has 15 heavy (non-hydrogen) atoms. The molecule has 0 bridgehead atoms. The minimum Gasteiger partial charge on any atom is -0.392 e. The van der Waals surface area contributed by atoms with Crippen molar-refractivity contribution >= 4 is 5.96 Å². The van der Waals surface area contributed by atoms with Gasteiger partial charge in [-0.25, -0.2) is 0 Å². The van der Waals surface area contributed by atoms with Crippen LogP contribution in [0.15, 0.2) is 29.3 Å². The highest BCUT2D eigenvalue weighted by Gasteiger charge is 2.03. The van der Waals surface area contributed by atoms with Gasteiger partial charge >= 0.3 is 0 Å². The van der Waals surface area contributed by atoms with E-state index in [0.717, 1.165) is 31.2 Å².